The number of carbonyl (C=O) groups excluding carboxylic acids is 2. The van der Waals surface area contributed by atoms with Crippen molar-refractivity contribution in [3.05, 3.63) is 52.4 Å². The van der Waals surface area contributed by atoms with Gasteiger partial charge in [0.25, 0.3) is 5.91 Å². The number of aryl methyl sites for hydroxylation is 1. The lowest BCUT2D eigenvalue weighted by atomic mass is 9.98. The van der Waals surface area contributed by atoms with E-state index in [1.807, 2.05) is 25.1 Å². The summed E-state index contributed by atoms with van der Waals surface area (Å²) < 4.78 is 5.09. The third-order valence-corrected chi connectivity index (χ3v) is 3.87. The molecule has 1 aliphatic heterocycles. The van der Waals surface area contributed by atoms with Crippen molar-refractivity contribution >= 4 is 29.1 Å². The van der Waals surface area contributed by atoms with Crippen LogP contribution in [-0.4, -0.2) is 11.8 Å². The molecule has 0 unspecified atom stereocenters. The molecular weight excluding hydrogens is 304 g/mol. The highest BCUT2D eigenvalue weighted by Gasteiger charge is 2.18. The highest BCUT2D eigenvalue weighted by atomic mass is 35.5. The van der Waals surface area contributed by atoms with Crippen molar-refractivity contribution in [2.45, 2.75) is 25.8 Å². The first-order chi connectivity index (χ1) is 10.5. The Labute approximate surface area is 132 Å². The minimum atomic E-state index is -0.314. The minimum Gasteiger partial charge on any atom is -0.440 e. The van der Waals surface area contributed by atoms with Crippen LogP contribution in [0.2, 0.25) is 5.22 Å². The summed E-state index contributed by atoms with van der Waals surface area (Å²) in [4.78, 5) is 23.4. The molecule has 2 N–H and O–H groups in total. The molecule has 0 saturated carbocycles. The number of fused-ring (bicyclic) bond motifs is 1. The molecule has 0 radical (unpaired) electrons. The Morgan fingerprint density at radius 3 is 2.86 bits per heavy atom. The van der Waals surface area contributed by atoms with Gasteiger partial charge in [0.2, 0.25) is 5.91 Å². The number of hydrogen-bond acceptors (Lipinski definition) is 3. The van der Waals surface area contributed by atoms with Crippen LogP contribution >= 0.6 is 11.6 Å². The molecule has 0 aliphatic carbocycles. The van der Waals surface area contributed by atoms with Gasteiger partial charge in [0.05, 0.1) is 6.04 Å². The lowest BCUT2D eigenvalue weighted by molar-refractivity contribution is -0.116. The predicted molar refractivity (Wildman–Crippen MR) is 83.0 cm³/mol. The Morgan fingerprint density at radius 1 is 1.32 bits per heavy atom. The average molecular weight is 319 g/mol. The van der Waals surface area contributed by atoms with Gasteiger partial charge >= 0.3 is 0 Å². The number of nitrogens with one attached hydrogen (secondary N) is 2. The van der Waals surface area contributed by atoms with Crippen molar-refractivity contribution in [1.82, 2.24) is 5.32 Å². The Bertz CT molecular complexity index is 739. The number of rotatable bonds is 3. The maximum atomic E-state index is 12.1. The van der Waals surface area contributed by atoms with Gasteiger partial charge in [-0.15, -0.1) is 0 Å². The Balaban J connectivity index is 1.74. The first-order valence-electron chi connectivity index (χ1n) is 7.02. The van der Waals surface area contributed by atoms with Crippen molar-refractivity contribution in [2.75, 3.05) is 5.32 Å². The first kappa shape index (κ1) is 14.7. The van der Waals surface area contributed by atoms with E-state index in [1.165, 1.54) is 12.1 Å². The van der Waals surface area contributed by atoms with Gasteiger partial charge in [-0.1, -0.05) is 12.1 Å². The van der Waals surface area contributed by atoms with Crippen LogP contribution in [0.25, 0.3) is 0 Å². The number of benzene rings is 1. The molecule has 0 bridgehead atoms. The molecule has 1 aromatic heterocycles. The van der Waals surface area contributed by atoms with Crippen molar-refractivity contribution < 1.29 is 14.0 Å². The summed E-state index contributed by atoms with van der Waals surface area (Å²) in [6.07, 6.45) is 1.20. The second kappa shape index (κ2) is 5.85. The smallest absolute Gasteiger partial charge is 0.287 e. The van der Waals surface area contributed by atoms with Crippen LogP contribution in [0.4, 0.5) is 5.69 Å². The molecule has 0 spiro atoms. The topological polar surface area (TPSA) is 71.3 Å². The zero-order valence-electron chi connectivity index (χ0n) is 12.0. The van der Waals surface area contributed by atoms with E-state index in [9.17, 15) is 9.59 Å². The van der Waals surface area contributed by atoms with Crippen LogP contribution in [0, 0.1) is 0 Å². The molecule has 6 heteroatoms. The average Bonchev–Trinajstić information content (AvgIpc) is 2.93. The molecule has 1 atom stereocenters. The molecule has 22 heavy (non-hydrogen) atoms. The van der Waals surface area contributed by atoms with E-state index in [0.717, 1.165) is 16.8 Å². The summed E-state index contributed by atoms with van der Waals surface area (Å²) in [5.74, 6) is -0.0937. The minimum absolute atomic E-state index is 0.0382. The van der Waals surface area contributed by atoms with E-state index in [2.05, 4.69) is 10.6 Å². The maximum absolute atomic E-state index is 12.1. The van der Waals surface area contributed by atoms with Crippen molar-refractivity contribution in [1.29, 1.82) is 0 Å². The van der Waals surface area contributed by atoms with Gasteiger partial charge in [-0.25, -0.2) is 0 Å². The largest absolute Gasteiger partial charge is 0.440 e. The van der Waals surface area contributed by atoms with Gasteiger partial charge in [-0.2, -0.15) is 0 Å². The van der Waals surface area contributed by atoms with Crippen LogP contribution in [0.5, 0.6) is 0 Å². The molecule has 0 fully saturated rings. The molecule has 5 nitrogen and oxygen atoms in total. The van der Waals surface area contributed by atoms with E-state index < -0.39 is 0 Å². The quantitative estimate of drug-likeness (QED) is 0.912. The van der Waals surface area contributed by atoms with E-state index in [1.54, 1.807) is 0 Å². The van der Waals surface area contributed by atoms with E-state index >= 15 is 0 Å². The Hall–Kier alpha value is -2.27. The number of anilines is 1. The van der Waals surface area contributed by atoms with Crippen LogP contribution in [0.1, 0.15) is 41.1 Å². The van der Waals surface area contributed by atoms with Gasteiger partial charge in [0.1, 0.15) is 0 Å². The van der Waals surface area contributed by atoms with Crippen LogP contribution < -0.4 is 10.6 Å². The Kier molecular flexibility index (Phi) is 3.90. The fourth-order valence-electron chi connectivity index (χ4n) is 2.46. The fourth-order valence-corrected chi connectivity index (χ4v) is 2.61. The highest BCUT2D eigenvalue weighted by molar-refractivity contribution is 6.29. The normalized spacial score (nSPS) is 14.9. The maximum Gasteiger partial charge on any atom is 0.287 e. The second-order valence-corrected chi connectivity index (χ2v) is 5.64. The standard InChI is InChI=1S/C16H15ClN2O3/c1-9(18-16(21)13-5-6-14(17)22-13)10-2-4-12-11(8-10)3-7-15(20)19-12/h2,4-6,8-9H,3,7H2,1H3,(H,18,21)(H,19,20)/t9-/m0/s1. The molecule has 1 aliphatic rings. The SMILES string of the molecule is C[C@H](NC(=O)c1ccc(Cl)o1)c1ccc2c(c1)CCC(=O)N2. The van der Waals surface area contributed by atoms with Crippen LogP contribution in [-0.2, 0) is 11.2 Å². The fraction of sp³-hybridized carbons (Fsp3) is 0.250. The molecule has 2 amide bonds. The van der Waals surface area contributed by atoms with Crippen LogP contribution in [0.3, 0.4) is 0 Å². The number of halogens is 1. The van der Waals surface area contributed by atoms with E-state index in [-0.39, 0.29) is 28.8 Å². The summed E-state index contributed by atoms with van der Waals surface area (Å²) in [5.41, 5.74) is 2.90. The van der Waals surface area contributed by atoms with Gasteiger partial charge in [0.15, 0.2) is 11.0 Å². The molecule has 3 rings (SSSR count). The molecule has 1 aromatic carbocycles. The zero-order valence-corrected chi connectivity index (χ0v) is 12.7. The van der Waals surface area contributed by atoms with E-state index in [4.69, 9.17) is 16.0 Å². The summed E-state index contributed by atoms with van der Waals surface area (Å²) in [7, 11) is 0. The molecule has 114 valence electrons. The summed E-state index contributed by atoms with van der Waals surface area (Å²) in [5, 5.41) is 5.88. The first-order valence-corrected chi connectivity index (χ1v) is 7.39. The summed E-state index contributed by atoms with van der Waals surface area (Å²) in [6.45, 7) is 1.89. The summed E-state index contributed by atoms with van der Waals surface area (Å²) in [6, 6.07) is 8.66. The second-order valence-electron chi connectivity index (χ2n) is 5.26. The Morgan fingerprint density at radius 2 is 2.14 bits per heavy atom. The molecule has 0 saturated heterocycles. The third kappa shape index (κ3) is 2.99. The molecule has 2 aromatic rings. The number of carbonyl (C=O) groups is 2. The lowest BCUT2D eigenvalue weighted by Gasteiger charge is -2.20. The number of hydrogen-bond donors (Lipinski definition) is 2. The van der Waals surface area contributed by atoms with E-state index in [0.29, 0.717) is 12.8 Å². The zero-order chi connectivity index (χ0) is 15.7. The predicted octanol–water partition coefficient (Wildman–Crippen LogP) is 3.31. The monoisotopic (exact) mass is 318 g/mol. The van der Waals surface area contributed by atoms with Gasteiger partial charge in [-0.3, -0.25) is 9.59 Å². The van der Waals surface area contributed by atoms with Gasteiger partial charge < -0.3 is 15.1 Å². The van der Waals surface area contributed by atoms with Crippen molar-refractivity contribution in [3.8, 4) is 0 Å². The number of furan rings is 1. The van der Waals surface area contributed by atoms with Crippen molar-refractivity contribution in [3.63, 3.8) is 0 Å². The van der Waals surface area contributed by atoms with Gasteiger partial charge in [-0.05, 0) is 54.3 Å². The third-order valence-electron chi connectivity index (χ3n) is 3.67. The van der Waals surface area contributed by atoms with Crippen LogP contribution in [0.15, 0.2) is 34.7 Å². The lowest BCUT2D eigenvalue weighted by Crippen LogP contribution is -2.26. The summed E-state index contributed by atoms with van der Waals surface area (Å²) >= 11 is 5.67. The molecular formula is C16H15ClN2O3. The van der Waals surface area contributed by atoms with Crippen molar-refractivity contribution in [2.24, 2.45) is 0 Å². The molecule has 2 heterocycles. The van der Waals surface area contributed by atoms with Gasteiger partial charge in [0, 0.05) is 12.1 Å². The highest BCUT2D eigenvalue weighted by Crippen LogP contribution is 2.26. The number of amides is 2.